The highest BCUT2D eigenvalue weighted by atomic mass is 14.9. The van der Waals surface area contributed by atoms with Gasteiger partial charge in [0.25, 0.3) is 0 Å². The molecule has 2 rings (SSSR count). The van der Waals surface area contributed by atoms with Crippen molar-refractivity contribution in [3.05, 3.63) is 54.6 Å². The molecule has 0 amide bonds. The second kappa shape index (κ2) is 7.59. The van der Waals surface area contributed by atoms with Gasteiger partial charge in [0, 0.05) is 12.2 Å². The van der Waals surface area contributed by atoms with Crippen molar-refractivity contribution in [3.8, 4) is 11.1 Å². The largest absolute Gasteiger partial charge is 0.385 e. The molecule has 0 heterocycles. The molecule has 0 saturated heterocycles. The van der Waals surface area contributed by atoms with Gasteiger partial charge in [0.15, 0.2) is 0 Å². The molecule has 19 heavy (non-hydrogen) atoms. The van der Waals surface area contributed by atoms with E-state index >= 15 is 0 Å². The molecule has 0 unspecified atom stereocenters. The van der Waals surface area contributed by atoms with Crippen molar-refractivity contribution in [2.75, 3.05) is 25.5 Å². The fraction of sp³-hybridized carbons (Fsp3) is 0.294. The zero-order valence-electron chi connectivity index (χ0n) is 11.5. The highest BCUT2D eigenvalue weighted by molar-refractivity contribution is 5.65. The first-order chi connectivity index (χ1) is 9.40. The topological polar surface area (TPSA) is 24.1 Å². The first-order valence-corrected chi connectivity index (χ1v) is 6.94. The monoisotopic (exact) mass is 254 g/mol. The number of nitrogens with one attached hydrogen (secondary N) is 2. The lowest BCUT2D eigenvalue weighted by Crippen LogP contribution is -2.10. The molecular weight excluding hydrogens is 232 g/mol. The maximum atomic E-state index is 3.45. The maximum absolute atomic E-state index is 3.45. The summed E-state index contributed by atoms with van der Waals surface area (Å²) in [5.74, 6) is 0. The van der Waals surface area contributed by atoms with Gasteiger partial charge >= 0.3 is 0 Å². The number of hydrogen-bond acceptors (Lipinski definition) is 2. The van der Waals surface area contributed by atoms with Gasteiger partial charge in [-0.15, -0.1) is 0 Å². The molecule has 0 aliphatic rings. The maximum Gasteiger partial charge on any atom is 0.0340 e. The fourth-order valence-corrected chi connectivity index (χ4v) is 2.07. The fourth-order valence-electron chi connectivity index (χ4n) is 2.07. The Hall–Kier alpha value is -1.80. The van der Waals surface area contributed by atoms with E-state index in [2.05, 4.69) is 59.2 Å². The zero-order valence-corrected chi connectivity index (χ0v) is 11.5. The molecule has 100 valence electrons. The van der Waals surface area contributed by atoms with E-state index in [1.54, 1.807) is 0 Å². The van der Waals surface area contributed by atoms with Crippen molar-refractivity contribution < 1.29 is 0 Å². The summed E-state index contributed by atoms with van der Waals surface area (Å²) in [6.07, 6.45) is 2.41. The Morgan fingerprint density at radius 3 is 2.05 bits per heavy atom. The van der Waals surface area contributed by atoms with Gasteiger partial charge in [0.1, 0.15) is 0 Å². The summed E-state index contributed by atoms with van der Waals surface area (Å²) in [4.78, 5) is 0. The smallest absolute Gasteiger partial charge is 0.0340 e. The number of rotatable bonds is 7. The average Bonchev–Trinajstić information content (AvgIpc) is 2.49. The number of unbranched alkanes of at least 4 members (excludes halogenated alkanes) is 1. The minimum atomic E-state index is 1.03. The third kappa shape index (κ3) is 4.42. The Morgan fingerprint density at radius 2 is 1.37 bits per heavy atom. The predicted molar refractivity (Wildman–Crippen MR) is 83.5 cm³/mol. The van der Waals surface area contributed by atoms with Gasteiger partial charge in [-0.25, -0.2) is 0 Å². The highest BCUT2D eigenvalue weighted by Crippen LogP contribution is 2.20. The second-order valence-electron chi connectivity index (χ2n) is 4.68. The van der Waals surface area contributed by atoms with Gasteiger partial charge in [0.05, 0.1) is 0 Å². The van der Waals surface area contributed by atoms with Gasteiger partial charge < -0.3 is 10.6 Å². The van der Waals surface area contributed by atoms with Crippen LogP contribution in [0.3, 0.4) is 0 Å². The first kappa shape index (κ1) is 13.6. The summed E-state index contributed by atoms with van der Waals surface area (Å²) in [6.45, 7) is 2.13. The minimum absolute atomic E-state index is 1.03. The average molecular weight is 254 g/mol. The highest BCUT2D eigenvalue weighted by Gasteiger charge is 1.96. The summed E-state index contributed by atoms with van der Waals surface area (Å²) < 4.78 is 0. The van der Waals surface area contributed by atoms with E-state index < -0.39 is 0 Å². The number of anilines is 1. The molecule has 0 radical (unpaired) electrons. The molecule has 2 nitrogen and oxygen atoms in total. The van der Waals surface area contributed by atoms with E-state index in [-0.39, 0.29) is 0 Å². The summed E-state index contributed by atoms with van der Waals surface area (Å²) in [5.41, 5.74) is 3.73. The number of benzene rings is 2. The van der Waals surface area contributed by atoms with Crippen LogP contribution in [-0.2, 0) is 0 Å². The molecular formula is C17H22N2. The van der Waals surface area contributed by atoms with Crippen LogP contribution in [0.25, 0.3) is 11.1 Å². The standard InChI is InChI=1S/C17H22N2/c1-18-13-5-6-14-19-17-11-9-16(10-12-17)15-7-3-2-4-8-15/h2-4,7-12,18-19H,5-6,13-14H2,1H3. The number of hydrogen-bond donors (Lipinski definition) is 2. The van der Waals surface area contributed by atoms with Crippen molar-refractivity contribution in [2.24, 2.45) is 0 Å². The summed E-state index contributed by atoms with van der Waals surface area (Å²) in [6, 6.07) is 19.1. The van der Waals surface area contributed by atoms with Crippen molar-refractivity contribution in [1.29, 1.82) is 0 Å². The van der Waals surface area contributed by atoms with Crippen LogP contribution >= 0.6 is 0 Å². The molecule has 0 aromatic heterocycles. The van der Waals surface area contributed by atoms with Gasteiger partial charge in [0.2, 0.25) is 0 Å². The molecule has 0 bridgehead atoms. The van der Waals surface area contributed by atoms with Crippen LogP contribution in [-0.4, -0.2) is 20.1 Å². The summed E-state index contributed by atoms with van der Waals surface area (Å²) in [5, 5.41) is 6.62. The third-order valence-electron chi connectivity index (χ3n) is 3.17. The molecule has 0 atom stereocenters. The van der Waals surface area contributed by atoms with E-state index in [0.29, 0.717) is 0 Å². The molecule has 0 spiro atoms. The quantitative estimate of drug-likeness (QED) is 0.735. The summed E-state index contributed by atoms with van der Waals surface area (Å²) >= 11 is 0. The Labute approximate surface area is 115 Å². The molecule has 2 N–H and O–H groups in total. The van der Waals surface area contributed by atoms with Crippen LogP contribution in [0.5, 0.6) is 0 Å². The van der Waals surface area contributed by atoms with Gasteiger partial charge in [-0.3, -0.25) is 0 Å². The van der Waals surface area contributed by atoms with E-state index in [4.69, 9.17) is 0 Å². The Balaban J connectivity index is 1.85. The van der Waals surface area contributed by atoms with Gasteiger partial charge in [-0.2, -0.15) is 0 Å². The van der Waals surface area contributed by atoms with Crippen LogP contribution in [0.4, 0.5) is 5.69 Å². The van der Waals surface area contributed by atoms with Gasteiger partial charge in [-0.05, 0) is 49.7 Å². The van der Waals surface area contributed by atoms with Crippen molar-refractivity contribution in [3.63, 3.8) is 0 Å². The van der Waals surface area contributed by atoms with Crippen LogP contribution in [0, 0.1) is 0 Å². The Bertz CT molecular complexity index is 462. The molecule has 0 aliphatic carbocycles. The van der Waals surface area contributed by atoms with E-state index in [1.807, 2.05) is 13.1 Å². The SMILES string of the molecule is CNCCCCNc1ccc(-c2ccccc2)cc1. The first-order valence-electron chi connectivity index (χ1n) is 6.94. The Kier molecular flexibility index (Phi) is 5.45. The van der Waals surface area contributed by atoms with E-state index in [0.717, 1.165) is 13.1 Å². The molecule has 0 aliphatic heterocycles. The lowest BCUT2D eigenvalue weighted by atomic mass is 10.1. The van der Waals surface area contributed by atoms with Crippen LogP contribution in [0.2, 0.25) is 0 Å². The van der Waals surface area contributed by atoms with Crippen LogP contribution in [0.15, 0.2) is 54.6 Å². The predicted octanol–water partition coefficient (Wildman–Crippen LogP) is 3.77. The molecule has 2 heteroatoms. The molecule has 0 saturated carbocycles. The lowest BCUT2D eigenvalue weighted by Gasteiger charge is -2.07. The molecule has 2 aromatic rings. The minimum Gasteiger partial charge on any atom is -0.385 e. The molecule has 0 fully saturated rings. The zero-order chi connectivity index (χ0) is 13.3. The normalized spacial score (nSPS) is 10.4. The van der Waals surface area contributed by atoms with E-state index in [1.165, 1.54) is 29.7 Å². The van der Waals surface area contributed by atoms with Crippen molar-refractivity contribution in [1.82, 2.24) is 5.32 Å². The third-order valence-corrected chi connectivity index (χ3v) is 3.17. The summed E-state index contributed by atoms with van der Waals surface area (Å²) in [7, 11) is 2.00. The van der Waals surface area contributed by atoms with Gasteiger partial charge in [-0.1, -0.05) is 42.5 Å². The van der Waals surface area contributed by atoms with Crippen molar-refractivity contribution in [2.45, 2.75) is 12.8 Å². The molecule has 2 aromatic carbocycles. The van der Waals surface area contributed by atoms with Crippen LogP contribution < -0.4 is 10.6 Å². The second-order valence-corrected chi connectivity index (χ2v) is 4.68. The lowest BCUT2D eigenvalue weighted by molar-refractivity contribution is 0.694. The van der Waals surface area contributed by atoms with Crippen LogP contribution in [0.1, 0.15) is 12.8 Å². The Morgan fingerprint density at radius 1 is 0.737 bits per heavy atom. The van der Waals surface area contributed by atoms with E-state index in [9.17, 15) is 0 Å². The van der Waals surface area contributed by atoms with Crippen molar-refractivity contribution >= 4 is 5.69 Å².